The summed E-state index contributed by atoms with van der Waals surface area (Å²) in [5.41, 5.74) is 1.16. The second-order valence-corrected chi connectivity index (χ2v) is 5.40. The van der Waals surface area contributed by atoms with Crippen LogP contribution < -0.4 is 10.1 Å². The van der Waals surface area contributed by atoms with Crippen molar-refractivity contribution < 1.29 is 9.47 Å². The van der Waals surface area contributed by atoms with Crippen molar-refractivity contribution in [2.45, 2.75) is 51.7 Å². The van der Waals surface area contributed by atoms with Crippen LogP contribution in [0.2, 0.25) is 0 Å². The molecule has 0 spiro atoms. The summed E-state index contributed by atoms with van der Waals surface area (Å²) in [6.45, 7) is 6.04. The lowest BCUT2D eigenvalue weighted by Gasteiger charge is -2.12. The number of ether oxygens (including phenoxy) is 2. The van der Waals surface area contributed by atoms with Crippen molar-refractivity contribution in [1.82, 2.24) is 0 Å². The van der Waals surface area contributed by atoms with Gasteiger partial charge in [-0.15, -0.1) is 0 Å². The van der Waals surface area contributed by atoms with Crippen LogP contribution in [0.15, 0.2) is 24.3 Å². The van der Waals surface area contributed by atoms with E-state index < -0.39 is 0 Å². The standard InChI is InChI=1S/C16H25NO2/c1-13(2)19-16-9-7-14(8-10-16)17-11-3-5-15-6-4-12-18-15/h7-10,13,15,17H,3-6,11-12H2,1-2H3. The van der Waals surface area contributed by atoms with Gasteiger partial charge in [0.15, 0.2) is 0 Å². The molecule has 1 aliphatic heterocycles. The Morgan fingerprint density at radius 2 is 2.11 bits per heavy atom. The number of rotatable bonds is 7. The minimum atomic E-state index is 0.227. The van der Waals surface area contributed by atoms with Crippen LogP contribution in [-0.4, -0.2) is 25.4 Å². The fourth-order valence-corrected chi connectivity index (χ4v) is 2.36. The third-order valence-corrected chi connectivity index (χ3v) is 3.28. The summed E-state index contributed by atoms with van der Waals surface area (Å²) in [7, 11) is 0. The average Bonchev–Trinajstić information content (AvgIpc) is 2.89. The summed E-state index contributed by atoms with van der Waals surface area (Å²) in [5.74, 6) is 0.930. The Kier molecular flexibility index (Phi) is 5.52. The molecule has 0 saturated carbocycles. The zero-order chi connectivity index (χ0) is 13.5. The molecule has 1 N–H and O–H groups in total. The number of benzene rings is 1. The molecule has 1 saturated heterocycles. The van der Waals surface area contributed by atoms with E-state index in [4.69, 9.17) is 9.47 Å². The first-order valence-electron chi connectivity index (χ1n) is 7.36. The van der Waals surface area contributed by atoms with Crippen molar-refractivity contribution in [3.05, 3.63) is 24.3 Å². The lowest BCUT2D eigenvalue weighted by atomic mass is 10.1. The van der Waals surface area contributed by atoms with Gasteiger partial charge in [-0.05, 0) is 63.8 Å². The average molecular weight is 263 g/mol. The Morgan fingerprint density at radius 3 is 2.74 bits per heavy atom. The topological polar surface area (TPSA) is 30.5 Å². The molecule has 3 nitrogen and oxygen atoms in total. The van der Waals surface area contributed by atoms with E-state index in [9.17, 15) is 0 Å². The molecule has 106 valence electrons. The van der Waals surface area contributed by atoms with Crippen molar-refractivity contribution in [1.29, 1.82) is 0 Å². The first kappa shape index (κ1) is 14.2. The predicted octanol–water partition coefficient (Wildman–Crippen LogP) is 3.84. The Hall–Kier alpha value is -1.22. The third-order valence-electron chi connectivity index (χ3n) is 3.28. The van der Waals surface area contributed by atoms with Gasteiger partial charge in [0.1, 0.15) is 5.75 Å². The molecule has 1 fully saturated rings. The quantitative estimate of drug-likeness (QED) is 0.758. The van der Waals surface area contributed by atoms with E-state index in [2.05, 4.69) is 17.4 Å². The number of nitrogens with one attached hydrogen (secondary N) is 1. The van der Waals surface area contributed by atoms with Crippen molar-refractivity contribution in [2.75, 3.05) is 18.5 Å². The molecule has 3 heteroatoms. The fourth-order valence-electron chi connectivity index (χ4n) is 2.36. The van der Waals surface area contributed by atoms with Crippen LogP contribution in [0.5, 0.6) is 5.75 Å². The Morgan fingerprint density at radius 1 is 1.32 bits per heavy atom. The lowest BCUT2D eigenvalue weighted by molar-refractivity contribution is 0.103. The molecule has 1 aliphatic rings. The maximum absolute atomic E-state index is 5.62. The molecule has 1 atom stereocenters. The van der Waals surface area contributed by atoms with E-state index in [0.29, 0.717) is 6.10 Å². The Balaban J connectivity index is 1.65. The van der Waals surface area contributed by atoms with Crippen molar-refractivity contribution in [2.24, 2.45) is 0 Å². The van der Waals surface area contributed by atoms with Gasteiger partial charge in [-0.1, -0.05) is 0 Å². The van der Waals surface area contributed by atoms with E-state index in [1.807, 2.05) is 26.0 Å². The molecule has 1 aromatic rings. The molecule has 0 bridgehead atoms. The fraction of sp³-hybridized carbons (Fsp3) is 0.625. The lowest BCUT2D eigenvalue weighted by Crippen LogP contribution is -2.09. The molecule has 1 unspecified atom stereocenters. The van der Waals surface area contributed by atoms with E-state index in [1.54, 1.807) is 0 Å². The van der Waals surface area contributed by atoms with Crippen LogP contribution >= 0.6 is 0 Å². The Bertz CT molecular complexity index is 356. The summed E-state index contributed by atoms with van der Waals surface area (Å²) in [6, 6.07) is 8.18. The van der Waals surface area contributed by atoms with Gasteiger partial charge in [0.25, 0.3) is 0 Å². The zero-order valence-corrected chi connectivity index (χ0v) is 12.0. The molecule has 0 amide bonds. The molecule has 0 aromatic heterocycles. The largest absolute Gasteiger partial charge is 0.491 e. The van der Waals surface area contributed by atoms with Gasteiger partial charge >= 0.3 is 0 Å². The number of hydrogen-bond acceptors (Lipinski definition) is 3. The molecule has 2 rings (SSSR count). The third kappa shape index (κ3) is 5.11. The monoisotopic (exact) mass is 263 g/mol. The normalized spacial score (nSPS) is 18.8. The summed E-state index contributed by atoms with van der Waals surface area (Å²) in [5, 5.41) is 3.44. The highest BCUT2D eigenvalue weighted by Gasteiger charge is 2.14. The second-order valence-electron chi connectivity index (χ2n) is 5.40. The molecule has 1 heterocycles. The van der Waals surface area contributed by atoms with Gasteiger partial charge in [0, 0.05) is 18.8 Å². The smallest absolute Gasteiger partial charge is 0.119 e. The van der Waals surface area contributed by atoms with Crippen LogP contribution in [-0.2, 0) is 4.74 Å². The van der Waals surface area contributed by atoms with Gasteiger partial charge in [-0.3, -0.25) is 0 Å². The van der Waals surface area contributed by atoms with Crippen LogP contribution in [0.4, 0.5) is 5.69 Å². The molecular formula is C16H25NO2. The molecule has 1 aromatic carbocycles. The highest BCUT2D eigenvalue weighted by molar-refractivity contribution is 5.46. The van der Waals surface area contributed by atoms with Gasteiger partial charge in [0.05, 0.1) is 12.2 Å². The van der Waals surface area contributed by atoms with Crippen LogP contribution in [0.25, 0.3) is 0 Å². The SMILES string of the molecule is CC(C)Oc1ccc(NCCCC2CCCO2)cc1. The summed E-state index contributed by atoms with van der Waals surface area (Å²) >= 11 is 0. The summed E-state index contributed by atoms with van der Waals surface area (Å²) < 4.78 is 11.2. The van der Waals surface area contributed by atoms with E-state index in [0.717, 1.165) is 31.0 Å². The van der Waals surface area contributed by atoms with Crippen LogP contribution in [0.3, 0.4) is 0 Å². The number of anilines is 1. The van der Waals surface area contributed by atoms with Crippen molar-refractivity contribution in [3.8, 4) is 5.75 Å². The second kappa shape index (κ2) is 7.39. The van der Waals surface area contributed by atoms with E-state index in [1.165, 1.54) is 19.3 Å². The van der Waals surface area contributed by atoms with Gasteiger partial charge in [-0.25, -0.2) is 0 Å². The summed E-state index contributed by atoms with van der Waals surface area (Å²) in [6.07, 6.45) is 5.53. The maximum Gasteiger partial charge on any atom is 0.119 e. The highest BCUT2D eigenvalue weighted by Crippen LogP contribution is 2.18. The molecule has 0 radical (unpaired) electrons. The van der Waals surface area contributed by atoms with Gasteiger partial charge in [0.2, 0.25) is 0 Å². The predicted molar refractivity (Wildman–Crippen MR) is 78.9 cm³/mol. The highest BCUT2D eigenvalue weighted by atomic mass is 16.5. The zero-order valence-electron chi connectivity index (χ0n) is 12.0. The van der Waals surface area contributed by atoms with Crippen LogP contribution in [0.1, 0.15) is 39.5 Å². The first-order chi connectivity index (χ1) is 9.24. The van der Waals surface area contributed by atoms with Crippen LogP contribution in [0, 0.1) is 0 Å². The molecule has 0 aliphatic carbocycles. The van der Waals surface area contributed by atoms with Crippen molar-refractivity contribution in [3.63, 3.8) is 0 Å². The van der Waals surface area contributed by atoms with Gasteiger partial charge in [-0.2, -0.15) is 0 Å². The summed E-state index contributed by atoms with van der Waals surface area (Å²) in [4.78, 5) is 0. The maximum atomic E-state index is 5.62. The molecule has 19 heavy (non-hydrogen) atoms. The first-order valence-corrected chi connectivity index (χ1v) is 7.36. The Labute approximate surface area is 116 Å². The number of hydrogen-bond donors (Lipinski definition) is 1. The molecular weight excluding hydrogens is 238 g/mol. The van der Waals surface area contributed by atoms with Crippen molar-refractivity contribution >= 4 is 5.69 Å². The van der Waals surface area contributed by atoms with E-state index >= 15 is 0 Å². The van der Waals surface area contributed by atoms with E-state index in [-0.39, 0.29) is 6.10 Å². The minimum Gasteiger partial charge on any atom is -0.491 e. The minimum absolute atomic E-state index is 0.227. The van der Waals surface area contributed by atoms with Gasteiger partial charge < -0.3 is 14.8 Å².